The van der Waals surface area contributed by atoms with E-state index in [0.29, 0.717) is 23.5 Å². The van der Waals surface area contributed by atoms with Crippen molar-refractivity contribution in [3.05, 3.63) is 64.7 Å². The Kier molecular flexibility index (Phi) is 7.39. The monoisotopic (exact) mass is 354 g/mol. The van der Waals surface area contributed by atoms with Crippen LogP contribution in [-0.2, 0) is 4.74 Å². The number of aryl methyl sites for hydroxylation is 2. The summed E-state index contributed by atoms with van der Waals surface area (Å²) in [4.78, 5) is 24.5. The molecule has 0 saturated heterocycles. The van der Waals surface area contributed by atoms with Crippen LogP contribution in [0, 0.1) is 13.8 Å². The third kappa shape index (κ3) is 5.73. The average molecular weight is 354 g/mol. The molecule has 0 fully saturated rings. The zero-order valence-electron chi connectivity index (χ0n) is 15.7. The number of benzene rings is 2. The van der Waals surface area contributed by atoms with Crippen molar-refractivity contribution < 1.29 is 19.1 Å². The molecule has 0 atom stereocenters. The van der Waals surface area contributed by atoms with Gasteiger partial charge in [-0.3, -0.25) is 0 Å². The van der Waals surface area contributed by atoms with Gasteiger partial charge >= 0.3 is 11.9 Å². The van der Waals surface area contributed by atoms with E-state index in [9.17, 15) is 9.59 Å². The minimum atomic E-state index is -0.495. The van der Waals surface area contributed by atoms with Crippen LogP contribution in [0.15, 0.2) is 42.5 Å². The largest absolute Gasteiger partial charge is 0.462 e. The minimum absolute atomic E-state index is 0.323. The molecule has 26 heavy (non-hydrogen) atoms. The fraction of sp³-hybridized carbons (Fsp3) is 0.364. The Labute approximate surface area is 155 Å². The van der Waals surface area contributed by atoms with Crippen LogP contribution in [0.2, 0.25) is 0 Å². The Morgan fingerprint density at radius 2 is 1.58 bits per heavy atom. The molecule has 0 saturated carbocycles. The molecule has 0 aliphatic heterocycles. The molecule has 0 amide bonds. The van der Waals surface area contributed by atoms with Crippen molar-refractivity contribution in [2.24, 2.45) is 0 Å². The van der Waals surface area contributed by atoms with E-state index in [2.05, 4.69) is 6.92 Å². The van der Waals surface area contributed by atoms with Gasteiger partial charge in [-0.15, -0.1) is 0 Å². The van der Waals surface area contributed by atoms with E-state index in [1.807, 2.05) is 26.0 Å². The summed E-state index contributed by atoms with van der Waals surface area (Å²) in [5.74, 6) is -0.421. The molecule has 4 heteroatoms. The van der Waals surface area contributed by atoms with Gasteiger partial charge in [-0.2, -0.15) is 0 Å². The first-order chi connectivity index (χ1) is 12.5. The normalized spacial score (nSPS) is 10.4. The van der Waals surface area contributed by atoms with Gasteiger partial charge in [0.1, 0.15) is 5.75 Å². The van der Waals surface area contributed by atoms with Gasteiger partial charge in [-0.05, 0) is 61.7 Å². The molecule has 0 aromatic heterocycles. The van der Waals surface area contributed by atoms with Gasteiger partial charge in [0, 0.05) is 0 Å². The van der Waals surface area contributed by atoms with Gasteiger partial charge in [0.15, 0.2) is 0 Å². The fourth-order valence-electron chi connectivity index (χ4n) is 2.49. The fourth-order valence-corrected chi connectivity index (χ4v) is 2.49. The summed E-state index contributed by atoms with van der Waals surface area (Å²) in [7, 11) is 0. The van der Waals surface area contributed by atoms with Crippen LogP contribution < -0.4 is 4.74 Å². The molecule has 0 heterocycles. The number of hydrogen-bond acceptors (Lipinski definition) is 4. The molecule has 2 aromatic rings. The van der Waals surface area contributed by atoms with E-state index in [1.54, 1.807) is 24.3 Å². The molecule has 2 aromatic carbocycles. The van der Waals surface area contributed by atoms with Crippen LogP contribution >= 0.6 is 0 Å². The predicted octanol–water partition coefficient (Wildman–Crippen LogP) is 5.26. The Hall–Kier alpha value is -2.62. The zero-order valence-corrected chi connectivity index (χ0v) is 15.7. The lowest BCUT2D eigenvalue weighted by atomic mass is 10.1. The highest BCUT2D eigenvalue weighted by Crippen LogP contribution is 2.18. The Morgan fingerprint density at radius 1 is 0.846 bits per heavy atom. The van der Waals surface area contributed by atoms with Gasteiger partial charge in [0.25, 0.3) is 0 Å². The van der Waals surface area contributed by atoms with Gasteiger partial charge in [0.2, 0.25) is 0 Å². The van der Waals surface area contributed by atoms with Crippen molar-refractivity contribution in [3.8, 4) is 5.75 Å². The Balaban J connectivity index is 1.97. The van der Waals surface area contributed by atoms with E-state index in [0.717, 1.165) is 36.8 Å². The SMILES string of the molecule is CCCCCCOC(=O)c1cccc(C(=O)Oc2ccc(C)c(C)c2)c1. The third-order valence-electron chi connectivity index (χ3n) is 4.25. The van der Waals surface area contributed by atoms with Gasteiger partial charge in [0.05, 0.1) is 17.7 Å². The quantitative estimate of drug-likeness (QED) is 0.369. The highest BCUT2D eigenvalue weighted by molar-refractivity contribution is 5.96. The Bertz CT molecular complexity index is 764. The minimum Gasteiger partial charge on any atom is -0.462 e. The molecule has 0 unspecified atom stereocenters. The zero-order chi connectivity index (χ0) is 18.9. The van der Waals surface area contributed by atoms with E-state index < -0.39 is 11.9 Å². The van der Waals surface area contributed by atoms with Crippen LogP contribution in [0.3, 0.4) is 0 Å². The number of carbonyl (C=O) groups is 2. The Morgan fingerprint density at radius 3 is 2.27 bits per heavy atom. The molecule has 138 valence electrons. The van der Waals surface area contributed by atoms with Crippen LogP contribution in [0.5, 0.6) is 5.75 Å². The molecule has 0 spiro atoms. The number of esters is 2. The lowest BCUT2D eigenvalue weighted by Crippen LogP contribution is -2.11. The topological polar surface area (TPSA) is 52.6 Å². The molecular formula is C22H26O4. The molecule has 0 radical (unpaired) electrons. The molecule has 0 aliphatic carbocycles. The molecule has 0 bridgehead atoms. The van der Waals surface area contributed by atoms with Crippen molar-refractivity contribution >= 4 is 11.9 Å². The maximum Gasteiger partial charge on any atom is 0.343 e. The summed E-state index contributed by atoms with van der Waals surface area (Å²) in [6.45, 7) is 6.49. The molecule has 4 nitrogen and oxygen atoms in total. The second-order valence-corrected chi connectivity index (χ2v) is 6.41. The lowest BCUT2D eigenvalue weighted by molar-refractivity contribution is 0.0498. The summed E-state index contributed by atoms with van der Waals surface area (Å²) in [6, 6.07) is 11.9. The van der Waals surface area contributed by atoms with E-state index >= 15 is 0 Å². The third-order valence-corrected chi connectivity index (χ3v) is 4.25. The van der Waals surface area contributed by atoms with Crippen LogP contribution in [0.4, 0.5) is 0 Å². The highest BCUT2D eigenvalue weighted by atomic mass is 16.5. The number of ether oxygens (including phenoxy) is 2. The number of hydrogen-bond donors (Lipinski definition) is 0. The smallest absolute Gasteiger partial charge is 0.343 e. The first-order valence-corrected chi connectivity index (χ1v) is 9.08. The van der Waals surface area contributed by atoms with Crippen LogP contribution in [0.25, 0.3) is 0 Å². The first kappa shape index (κ1) is 19.7. The predicted molar refractivity (Wildman–Crippen MR) is 102 cm³/mol. The second-order valence-electron chi connectivity index (χ2n) is 6.41. The van der Waals surface area contributed by atoms with Crippen molar-refractivity contribution in [2.75, 3.05) is 6.61 Å². The lowest BCUT2D eigenvalue weighted by Gasteiger charge is -2.08. The highest BCUT2D eigenvalue weighted by Gasteiger charge is 2.13. The van der Waals surface area contributed by atoms with Crippen molar-refractivity contribution in [2.45, 2.75) is 46.5 Å². The molecule has 0 N–H and O–H groups in total. The summed E-state index contributed by atoms with van der Waals surface area (Å²) in [5.41, 5.74) is 2.86. The second kappa shape index (κ2) is 9.76. The van der Waals surface area contributed by atoms with E-state index in [1.165, 1.54) is 6.07 Å². The van der Waals surface area contributed by atoms with E-state index in [-0.39, 0.29) is 0 Å². The van der Waals surface area contributed by atoms with Gasteiger partial charge < -0.3 is 9.47 Å². The summed E-state index contributed by atoms with van der Waals surface area (Å²) < 4.78 is 10.7. The summed E-state index contributed by atoms with van der Waals surface area (Å²) in [5, 5.41) is 0. The molecular weight excluding hydrogens is 328 g/mol. The maximum absolute atomic E-state index is 12.3. The summed E-state index contributed by atoms with van der Waals surface area (Å²) >= 11 is 0. The van der Waals surface area contributed by atoms with Gasteiger partial charge in [-0.1, -0.05) is 38.3 Å². The number of rotatable bonds is 8. The molecule has 2 rings (SSSR count). The molecule has 0 aliphatic rings. The van der Waals surface area contributed by atoms with Crippen LogP contribution in [0.1, 0.15) is 64.4 Å². The van der Waals surface area contributed by atoms with Crippen molar-refractivity contribution in [1.82, 2.24) is 0 Å². The standard InChI is InChI=1S/C22H26O4/c1-4-5-6-7-13-25-21(23)18-9-8-10-19(15-18)22(24)26-20-12-11-16(2)17(3)14-20/h8-12,14-15H,4-7,13H2,1-3H3. The van der Waals surface area contributed by atoms with Crippen LogP contribution in [-0.4, -0.2) is 18.5 Å². The first-order valence-electron chi connectivity index (χ1n) is 9.08. The number of carbonyl (C=O) groups excluding carboxylic acids is 2. The van der Waals surface area contributed by atoms with Crippen molar-refractivity contribution in [1.29, 1.82) is 0 Å². The number of unbranched alkanes of at least 4 members (excludes halogenated alkanes) is 3. The van der Waals surface area contributed by atoms with Crippen molar-refractivity contribution in [3.63, 3.8) is 0 Å². The van der Waals surface area contributed by atoms with E-state index in [4.69, 9.17) is 9.47 Å². The average Bonchev–Trinajstić information content (AvgIpc) is 2.64. The maximum atomic E-state index is 12.3. The van der Waals surface area contributed by atoms with Gasteiger partial charge in [-0.25, -0.2) is 9.59 Å². The summed E-state index contributed by atoms with van der Waals surface area (Å²) in [6.07, 6.45) is 4.18.